The van der Waals surface area contributed by atoms with Gasteiger partial charge in [-0.05, 0) is 128 Å². The summed E-state index contributed by atoms with van der Waals surface area (Å²) in [7, 11) is 0. The Morgan fingerprint density at radius 2 is 1.15 bits per heavy atom. The van der Waals surface area contributed by atoms with Gasteiger partial charge in [0.05, 0.1) is 69.1 Å². The van der Waals surface area contributed by atoms with Crippen LogP contribution in [-0.4, -0.2) is 64.2 Å². The van der Waals surface area contributed by atoms with E-state index in [2.05, 4.69) is 46.4 Å². The zero-order valence-corrected chi connectivity index (χ0v) is 37.0. The lowest BCUT2D eigenvalue weighted by Crippen LogP contribution is -2.35. The first-order valence-electron chi connectivity index (χ1n) is 21.4. The van der Waals surface area contributed by atoms with Crippen LogP contribution in [0.2, 0.25) is 20.1 Å². The summed E-state index contributed by atoms with van der Waals surface area (Å²) in [6.07, 6.45) is 20.3. The number of amides is 2. The number of carbonyl (C=O) groups excluding carboxylic acids is 3. The van der Waals surface area contributed by atoms with Gasteiger partial charge >= 0.3 is 0 Å². The average molecular weight is 908 g/mol. The van der Waals surface area contributed by atoms with Crippen LogP contribution in [0.15, 0.2) is 49.1 Å². The highest BCUT2D eigenvalue weighted by molar-refractivity contribution is 6.35. The summed E-state index contributed by atoms with van der Waals surface area (Å²) in [6.45, 7) is 4.10. The van der Waals surface area contributed by atoms with E-state index in [1.807, 2.05) is 6.07 Å². The van der Waals surface area contributed by atoms with Crippen molar-refractivity contribution in [2.75, 3.05) is 52.3 Å². The standard InChI is InChI=1S/C23H26Cl2N4O.C14H18ClN3O.C8H7ClN2O/c24-18-12-26-23(27-13-18)29-6-4-15(5-7-29)19-10-16(19)3-1-2-14-8-17-11-21(30)28-22(17)20(25)9-14;15-12-8-16-14(17-9-12)18-4-1-10(2-5-18)13-7-11(13)3-6-19;9-6-3-5(10)1-4-2-7(12)11-8(4)6/h8-9,12-13,15-16,19H,1-7,10-11H2,(H,28,30);6,8-11,13H,1-5,7H2;1,3H,2,10H2,(H,11,12)/t16-,19?;11-,13?;/m11./s1. The second kappa shape index (κ2) is 19.4. The first-order chi connectivity index (χ1) is 29.5. The zero-order valence-electron chi connectivity index (χ0n) is 34.0. The fraction of sp³-hybridized carbons (Fsp3) is 0.489. The van der Waals surface area contributed by atoms with Crippen LogP contribution in [0, 0.1) is 35.5 Å². The van der Waals surface area contributed by atoms with Gasteiger partial charge in [-0.1, -0.05) is 52.5 Å². The highest BCUT2D eigenvalue weighted by atomic mass is 35.5. The molecule has 6 heterocycles. The van der Waals surface area contributed by atoms with Crippen molar-refractivity contribution in [2.24, 2.45) is 35.5 Å². The maximum Gasteiger partial charge on any atom is 0.228 e. The van der Waals surface area contributed by atoms with E-state index in [0.29, 0.717) is 50.2 Å². The summed E-state index contributed by atoms with van der Waals surface area (Å²) in [6, 6.07) is 7.56. The number of nitrogens with two attached hydrogens (primary N) is 1. The van der Waals surface area contributed by atoms with E-state index in [4.69, 9.17) is 52.1 Å². The molecule has 0 spiro atoms. The first-order valence-corrected chi connectivity index (χ1v) is 22.9. The van der Waals surface area contributed by atoms with Crippen LogP contribution in [0.1, 0.15) is 74.5 Å². The Morgan fingerprint density at radius 3 is 1.67 bits per heavy atom. The van der Waals surface area contributed by atoms with E-state index in [1.165, 1.54) is 56.9 Å². The number of piperidine rings is 2. The molecule has 6 aliphatic rings. The van der Waals surface area contributed by atoms with E-state index in [-0.39, 0.29) is 11.8 Å². The van der Waals surface area contributed by atoms with Gasteiger partial charge in [0.25, 0.3) is 0 Å². The van der Waals surface area contributed by atoms with Crippen LogP contribution >= 0.6 is 46.4 Å². The number of nitrogens with one attached hydrogen (secondary N) is 2. The Bertz CT molecular complexity index is 2210. The summed E-state index contributed by atoms with van der Waals surface area (Å²) in [5, 5.41) is 7.86. The van der Waals surface area contributed by atoms with Gasteiger partial charge in [0.2, 0.25) is 23.7 Å². The molecule has 10 rings (SSSR count). The van der Waals surface area contributed by atoms with E-state index in [9.17, 15) is 14.4 Å². The highest BCUT2D eigenvalue weighted by Crippen LogP contribution is 2.51. The average Bonchev–Trinajstić information content (AvgIpc) is 4.13. The monoisotopic (exact) mass is 905 g/mol. The second-order valence-electron chi connectivity index (χ2n) is 17.3. The molecule has 322 valence electrons. The number of fused-ring (bicyclic) bond motifs is 2. The Morgan fingerprint density at radius 1 is 0.672 bits per heavy atom. The predicted molar refractivity (Wildman–Crippen MR) is 243 cm³/mol. The van der Waals surface area contributed by atoms with Crippen molar-refractivity contribution in [2.45, 2.75) is 77.0 Å². The van der Waals surface area contributed by atoms with Crippen molar-refractivity contribution < 1.29 is 14.4 Å². The van der Waals surface area contributed by atoms with E-state index >= 15 is 0 Å². The number of aryl methyl sites for hydroxylation is 1. The lowest BCUT2D eigenvalue weighted by atomic mass is 9.90. The van der Waals surface area contributed by atoms with Gasteiger partial charge in [-0.15, -0.1) is 0 Å². The molecule has 0 bridgehead atoms. The van der Waals surface area contributed by atoms with Crippen molar-refractivity contribution in [3.8, 4) is 0 Å². The van der Waals surface area contributed by atoms with Crippen LogP contribution in [0.5, 0.6) is 0 Å². The van der Waals surface area contributed by atoms with Crippen molar-refractivity contribution in [1.82, 2.24) is 19.9 Å². The van der Waals surface area contributed by atoms with Crippen molar-refractivity contribution in [3.05, 3.63) is 85.8 Å². The number of rotatable bonds is 10. The topological polar surface area (TPSA) is 159 Å². The maximum absolute atomic E-state index is 11.6. The lowest BCUT2D eigenvalue weighted by molar-refractivity contribution is -0.115. The Hall–Kier alpha value is -4.23. The molecular formula is C45H51Cl4N9O3. The lowest BCUT2D eigenvalue weighted by Gasteiger charge is -2.32. The first kappa shape index (κ1) is 43.4. The fourth-order valence-corrected chi connectivity index (χ4v) is 10.6. The number of aromatic nitrogens is 4. The number of hydrogen-bond acceptors (Lipinski definition) is 10. The van der Waals surface area contributed by atoms with Crippen molar-refractivity contribution in [1.29, 1.82) is 0 Å². The van der Waals surface area contributed by atoms with Crippen LogP contribution < -0.4 is 26.2 Å². The molecule has 2 aromatic carbocycles. The third-order valence-corrected chi connectivity index (χ3v) is 14.1. The molecule has 2 unspecified atom stereocenters. The Balaban J connectivity index is 0.000000141. The van der Waals surface area contributed by atoms with Gasteiger partial charge in [-0.3, -0.25) is 9.59 Å². The molecule has 4 aromatic rings. The highest BCUT2D eigenvalue weighted by Gasteiger charge is 2.44. The second-order valence-corrected chi connectivity index (χ2v) is 19.0. The van der Waals surface area contributed by atoms with Gasteiger partial charge in [-0.25, -0.2) is 19.9 Å². The molecule has 2 saturated heterocycles. The number of halogens is 4. The zero-order chi connectivity index (χ0) is 42.6. The number of carbonyl (C=O) groups is 3. The molecule has 61 heavy (non-hydrogen) atoms. The normalized spacial score (nSPS) is 22.8. The molecule has 16 heteroatoms. The van der Waals surface area contributed by atoms with E-state index < -0.39 is 0 Å². The van der Waals surface area contributed by atoms with Crippen LogP contribution in [-0.2, 0) is 33.6 Å². The molecule has 2 aromatic heterocycles. The molecule has 2 aliphatic carbocycles. The van der Waals surface area contributed by atoms with Gasteiger partial charge in [0, 0.05) is 38.3 Å². The molecule has 12 nitrogen and oxygen atoms in total. The van der Waals surface area contributed by atoms with Crippen LogP contribution in [0.4, 0.5) is 29.0 Å². The van der Waals surface area contributed by atoms with Gasteiger partial charge in [-0.2, -0.15) is 0 Å². The van der Waals surface area contributed by atoms with E-state index in [0.717, 1.165) is 104 Å². The molecular weight excluding hydrogens is 856 g/mol. The quantitative estimate of drug-likeness (QED) is 0.104. The third-order valence-electron chi connectivity index (χ3n) is 13.1. The van der Waals surface area contributed by atoms with Gasteiger partial charge in [0.15, 0.2) is 0 Å². The molecule has 0 radical (unpaired) electrons. The molecule has 4 N–H and O–H groups in total. The molecule has 2 amide bonds. The Labute approximate surface area is 376 Å². The van der Waals surface area contributed by atoms with Crippen LogP contribution in [0.25, 0.3) is 0 Å². The van der Waals surface area contributed by atoms with Gasteiger partial charge < -0.3 is 31.0 Å². The minimum atomic E-state index is -0.0301. The summed E-state index contributed by atoms with van der Waals surface area (Å²) in [5.41, 5.74) is 10.8. The molecule has 4 fully saturated rings. The third kappa shape index (κ3) is 11.1. The maximum atomic E-state index is 11.6. The van der Waals surface area contributed by atoms with Crippen LogP contribution in [0.3, 0.4) is 0 Å². The predicted octanol–water partition coefficient (Wildman–Crippen LogP) is 9.14. The number of hydrogen-bond donors (Lipinski definition) is 3. The smallest absolute Gasteiger partial charge is 0.228 e. The molecule has 2 saturated carbocycles. The largest absolute Gasteiger partial charge is 0.399 e. The number of nitrogen functional groups attached to an aromatic ring is 1. The van der Waals surface area contributed by atoms with Crippen molar-refractivity contribution >= 4 is 93.5 Å². The summed E-state index contributed by atoms with van der Waals surface area (Å²) in [5.74, 6) is 6.44. The SMILES string of the molecule is Nc1cc(Cl)c2c(c1)CC(=O)N2.O=C1Cc2cc(CCC[C@@H]3CC3C3CCN(c4ncc(Cl)cn4)CC3)cc(Cl)c2N1.O=CC[C@@H]1CC1C1CCN(c2ncc(Cl)cn2)CC1. The summed E-state index contributed by atoms with van der Waals surface area (Å²) >= 11 is 23.9. The molecule has 4 aliphatic heterocycles. The number of anilines is 5. The van der Waals surface area contributed by atoms with Gasteiger partial charge in [0.1, 0.15) is 6.29 Å². The molecule has 4 atom stereocenters. The van der Waals surface area contributed by atoms with E-state index in [1.54, 1.807) is 36.9 Å². The number of aldehydes is 1. The minimum Gasteiger partial charge on any atom is -0.399 e. The van der Waals surface area contributed by atoms with Crippen molar-refractivity contribution in [3.63, 3.8) is 0 Å². The fourth-order valence-electron chi connectivity index (χ4n) is 9.81. The Kier molecular flexibility index (Phi) is 13.8. The number of benzene rings is 2. The number of nitrogens with zero attached hydrogens (tertiary/aromatic N) is 6. The summed E-state index contributed by atoms with van der Waals surface area (Å²) < 4.78 is 0. The summed E-state index contributed by atoms with van der Waals surface area (Å²) in [4.78, 5) is 54.8. The minimum absolute atomic E-state index is 0.0301.